The van der Waals surface area contributed by atoms with Crippen LogP contribution in [0.15, 0.2) is 24.3 Å². The summed E-state index contributed by atoms with van der Waals surface area (Å²) < 4.78 is 6.22. The normalized spacial score (nSPS) is 28.0. The number of phenols is 1. The van der Waals surface area contributed by atoms with Crippen LogP contribution in [-0.2, 0) is 16.0 Å². The fourth-order valence-corrected chi connectivity index (χ4v) is 5.23. The number of phenolic OH excluding ortho intramolecular Hbond substituents is 1. The number of hydrogen-bond acceptors (Lipinski definition) is 4. The molecule has 2 atom stereocenters. The van der Waals surface area contributed by atoms with E-state index < -0.39 is 0 Å². The van der Waals surface area contributed by atoms with Crippen molar-refractivity contribution in [2.45, 2.75) is 51.6 Å². The maximum absolute atomic E-state index is 12.6. The zero-order valence-corrected chi connectivity index (χ0v) is 17.1. The average molecular weight is 387 g/mol. The Morgan fingerprint density at radius 3 is 2.68 bits per heavy atom. The number of ether oxygens (including phenoxy) is 1. The van der Waals surface area contributed by atoms with Gasteiger partial charge in [0, 0.05) is 26.2 Å². The van der Waals surface area contributed by atoms with Crippen LogP contribution in [0.2, 0.25) is 0 Å². The number of likely N-dealkylation sites (tertiary alicyclic amines) is 2. The highest BCUT2D eigenvalue weighted by Crippen LogP contribution is 2.42. The topological polar surface area (TPSA) is 53.0 Å². The van der Waals surface area contributed by atoms with E-state index in [1.54, 1.807) is 12.1 Å². The van der Waals surface area contributed by atoms with E-state index in [1.165, 1.54) is 25.9 Å². The second-order valence-electron chi connectivity index (χ2n) is 9.37. The van der Waals surface area contributed by atoms with Crippen molar-refractivity contribution in [3.8, 4) is 5.75 Å². The maximum Gasteiger partial charge on any atom is 0.226 e. The highest BCUT2D eigenvalue weighted by molar-refractivity contribution is 5.78. The van der Waals surface area contributed by atoms with Gasteiger partial charge in [0.25, 0.3) is 0 Å². The molecule has 0 unspecified atom stereocenters. The molecule has 0 radical (unpaired) electrons. The molecule has 5 nitrogen and oxygen atoms in total. The van der Waals surface area contributed by atoms with Gasteiger partial charge in [-0.05, 0) is 67.7 Å². The number of nitrogens with zero attached hydrogens (tertiary/aromatic N) is 2. The van der Waals surface area contributed by atoms with Crippen LogP contribution >= 0.6 is 0 Å². The minimum Gasteiger partial charge on any atom is -0.508 e. The van der Waals surface area contributed by atoms with Gasteiger partial charge < -0.3 is 19.6 Å². The number of amides is 1. The number of aromatic hydroxyl groups is 1. The zero-order chi connectivity index (χ0) is 19.6. The van der Waals surface area contributed by atoms with Crippen molar-refractivity contribution in [3.63, 3.8) is 0 Å². The van der Waals surface area contributed by atoms with E-state index >= 15 is 0 Å². The molecule has 3 aliphatic heterocycles. The molecule has 3 heterocycles. The molecular formula is C23H34N2O3. The van der Waals surface area contributed by atoms with Crippen LogP contribution < -0.4 is 0 Å². The minimum absolute atomic E-state index is 0.193. The van der Waals surface area contributed by atoms with E-state index in [4.69, 9.17) is 4.74 Å². The van der Waals surface area contributed by atoms with Gasteiger partial charge in [0.05, 0.1) is 19.1 Å². The third-order valence-corrected chi connectivity index (χ3v) is 6.96. The summed E-state index contributed by atoms with van der Waals surface area (Å²) in [6.45, 7) is 8.41. The average Bonchev–Trinajstić information content (AvgIpc) is 3.06. The quantitative estimate of drug-likeness (QED) is 0.864. The number of carbonyl (C=O) groups is 1. The fraction of sp³-hybridized carbons (Fsp3) is 0.696. The van der Waals surface area contributed by atoms with Crippen LogP contribution in [0.25, 0.3) is 0 Å². The predicted molar refractivity (Wildman–Crippen MR) is 109 cm³/mol. The van der Waals surface area contributed by atoms with Gasteiger partial charge in [-0.25, -0.2) is 0 Å². The lowest BCUT2D eigenvalue weighted by atomic mass is 9.76. The third-order valence-electron chi connectivity index (χ3n) is 6.96. The Morgan fingerprint density at radius 1 is 1.21 bits per heavy atom. The first kappa shape index (κ1) is 19.7. The SMILES string of the molecule is C[C@@H]1CCCN(C[C@H]2CC3(CCN(C(=O)Cc4ccc(O)cc4)CC3)CO2)C1. The highest BCUT2D eigenvalue weighted by atomic mass is 16.5. The van der Waals surface area contributed by atoms with Crippen LogP contribution in [0.5, 0.6) is 5.75 Å². The molecule has 1 amide bonds. The van der Waals surface area contributed by atoms with E-state index in [1.807, 2.05) is 17.0 Å². The Labute approximate surface area is 168 Å². The van der Waals surface area contributed by atoms with Gasteiger partial charge in [-0.1, -0.05) is 19.1 Å². The van der Waals surface area contributed by atoms with Crippen molar-refractivity contribution in [1.29, 1.82) is 0 Å². The molecule has 1 spiro atoms. The van der Waals surface area contributed by atoms with E-state index in [0.29, 0.717) is 12.5 Å². The highest BCUT2D eigenvalue weighted by Gasteiger charge is 2.43. The van der Waals surface area contributed by atoms with Gasteiger partial charge in [-0.3, -0.25) is 4.79 Å². The molecule has 1 aromatic rings. The molecule has 5 heteroatoms. The number of carbonyl (C=O) groups excluding carboxylic acids is 1. The van der Waals surface area contributed by atoms with Crippen LogP contribution in [-0.4, -0.2) is 66.2 Å². The summed E-state index contributed by atoms with van der Waals surface area (Å²) in [5.41, 5.74) is 1.24. The third kappa shape index (κ3) is 4.69. The van der Waals surface area contributed by atoms with Crippen LogP contribution in [0.4, 0.5) is 0 Å². The molecule has 0 bridgehead atoms. The number of hydrogen-bond donors (Lipinski definition) is 1. The van der Waals surface area contributed by atoms with Crippen molar-refractivity contribution >= 4 is 5.91 Å². The molecule has 1 aromatic carbocycles. The van der Waals surface area contributed by atoms with Crippen molar-refractivity contribution in [1.82, 2.24) is 9.80 Å². The van der Waals surface area contributed by atoms with Gasteiger partial charge >= 0.3 is 0 Å². The number of piperidine rings is 2. The first-order valence-corrected chi connectivity index (χ1v) is 10.9. The minimum atomic E-state index is 0.193. The Morgan fingerprint density at radius 2 is 1.96 bits per heavy atom. The summed E-state index contributed by atoms with van der Waals surface area (Å²) in [4.78, 5) is 17.2. The van der Waals surface area contributed by atoms with Crippen LogP contribution in [0.3, 0.4) is 0 Å². The molecule has 0 aliphatic carbocycles. The second kappa shape index (κ2) is 8.42. The molecule has 28 heavy (non-hydrogen) atoms. The summed E-state index contributed by atoms with van der Waals surface area (Å²) in [7, 11) is 0. The fourth-order valence-electron chi connectivity index (χ4n) is 5.23. The zero-order valence-electron chi connectivity index (χ0n) is 17.1. The van der Waals surface area contributed by atoms with Gasteiger partial charge in [0.2, 0.25) is 5.91 Å². The Bertz CT molecular complexity index is 667. The first-order chi connectivity index (χ1) is 13.5. The summed E-state index contributed by atoms with van der Waals surface area (Å²) in [5, 5.41) is 9.38. The molecule has 0 saturated carbocycles. The molecule has 0 aromatic heterocycles. The standard InChI is InChI=1S/C23H34N2O3/c1-18-3-2-10-24(15-18)16-21-14-23(17-28-21)8-11-25(12-9-23)22(27)13-19-4-6-20(26)7-5-19/h4-7,18,21,26H,2-3,8-17H2,1H3/t18-,21-/m1/s1. The van der Waals surface area contributed by atoms with Crippen LogP contribution in [0, 0.1) is 11.3 Å². The van der Waals surface area contributed by atoms with E-state index in [-0.39, 0.29) is 17.1 Å². The number of benzene rings is 1. The van der Waals surface area contributed by atoms with Gasteiger partial charge in [-0.2, -0.15) is 0 Å². The van der Waals surface area contributed by atoms with Crippen LogP contribution in [0.1, 0.15) is 44.6 Å². The lowest BCUT2D eigenvalue weighted by Gasteiger charge is -2.39. The Hall–Kier alpha value is -1.59. The predicted octanol–water partition coefficient (Wildman–Crippen LogP) is 3.06. The summed E-state index contributed by atoms with van der Waals surface area (Å²) in [6.07, 6.45) is 6.72. The van der Waals surface area contributed by atoms with Crippen molar-refractivity contribution in [2.75, 3.05) is 39.3 Å². The molecule has 3 saturated heterocycles. The van der Waals surface area contributed by atoms with Gasteiger partial charge in [-0.15, -0.1) is 0 Å². The maximum atomic E-state index is 12.6. The molecule has 1 N–H and O–H groups in total. The monoisotopic (exact) mass is 386 g/mol. The first-order valence-electron chi connectivity index (χ1n) is 10.9. The van der Waals surface area contributed by atoms with Crippen molar-refractivity contribution in [2.24, 2.45) is 11.3 Å². The second-order valence-corrected chi connectivity index (χ2v) is 9.37. The number of rotatable bonds is 4. The van der Waals surface area contributed by atoms with Crippen molar-refractivity contribution < 1.29 is 14.6 Å². The molecule has 4 rings (SSSR count). The molecular weight excluding hydrogens is 352 g/mol. The molecule has 3 fully saturated rings. The molecule has 154 valence electrons. The van der Waals surface area contributed by atoms with Gasteiger partial charge in [0.1, 0.15) is 5.75 Å². The lowest BCUT2D eigenvalue weighted by molar-refractivity contribution is -0.132. The van der Waals surface area contributed by atoms with E-state index in [9.17, 15) is 9.90 Å². The van der Waals surface area contributed by atoms with Crippen molar-refractivity contribution in [3.05, 3.63) is 29.8 Å². The largest absolute Gasteiger partial charge is 0.508 e. The smallest absolute Gasteiger partial charge is 0.226 e. The summed E-state index contributed by atoms with van der Waals surface area (Å²) in [6, 6.07) is 6.95. The molecule has 3 aliphatic rings. The Balaban J connectivity index is 1.24. The summed E-state index contributed by atoms with van der Waals surface area (Å²) in [5.74, 6) is 1.25. The Kier molecular flexibility index (Phi) is 5.93. The van der Waals surface area contributed by atoms with E-state index in [0.717, 1.165) is 57.0 Å². The van der Waals surface area contributed by atoms with E-state index in [2.05, 4.69) is 11.8 Å². The lowest BCUT2D eigenvalue weighted by Crippen LogP contribution is -2.44. The summed E-state index contributed by atoms with van der Waals surface area (Å²) >= 11 is 0. The van der Waals surface area contributed by atoms with Gasteiger partial charge in [0.15, 0.2) is 0 Å².